The fraction of sp³-hybridized carbons (Fsp3) is 0.316. The van der Waals surface area contributed by atoms with E-state index in [1.807, 2.05) is 13.8 Å². The summed E-state index contributed by atoms with van der Waals surface area (Å²) < 4.78 is 31.9. The van der Waals surface area contributed by atoms with Gasteiger partial charge in [0.25, 0.3) is 0 Å². The number of aryl methyl sites for hydroxylation is 2. The molecule has 0 spiro atoms. The third-order valence-corrected chi connectivity index (χ3v) is 6.02. The van der Waals surface area contributed by atoms with Crippen LogP contribution >= 0.6 is 11.6 Å². The number of hydrogen-bond acceptors (Lipinski definition) is 4. The Morgan fingerprint density at radius 3 is 2.44 bits per heavy atom. The number of likely N-dealkylation sites (N-methyl/N-ethyl adjacent to an activating group) is 1. The lowest BCUT2D eigenvalue weighted by Crippen LogP contribution is -2.35. The average molecular weight is 411 g/mol. The molecule has 0 saturated carbocycles. The molecule has 146 valence electrons. The fourth-order valence-corrected chi connectivity index (χ4v) is 3.96. The van der Waals surface area contributed by atoms with Crippen LogP contribution in [0.25, 0.3) is 0 Å². The van der Waals surface area contributed by atoms with Crippen LogP contribution in [0.1, 0.15) is 18.1 Å². The Hall–Kier alpha value is -2.09. The van der Waals surface area contributed by atoms with E-state index >= 15 is 0 Å². The van der Waals surface area contributed by atoms with Crippen molar-refractivity contribution in [2.24, 2.45) is 0 Å². The van der Waals surface area contributed by atoms with Crippen LogP contribution in [0.2, 0.25) is 5.02 Å². The van der Waals surface area contributed by atoms with Crippen molar-refractivity contribution >= 4 is 33.2 Å². The van der Waals surface area contributed by atoms with Gasteiger partial charge in [0.05, 0.1) is 18.0 Å². The van der Waals surface area contributed by atoms with Gasteiger partial charge in [0.2, 0.25) is 15.9 Å². The van der Waals surface area contributed by atoms with Crippen LogP contribution < -0.4 is 10.1 Å². The van der Waals surface area contributed by atoms with E-state index in [4.69, 9.17) is 16.3 Å². The molecular formula is C19H23ClN2O4S. The van der Waals surface area contributed by atoms with Gasteiger partial charge in [-0.3, -0.25) is 4.79 Å². The maximum Gasteiger partial charge on any atom is 0.243 e. The molecule has 2 rings (SSSR count). The molecule has 0 atom stereocenters. The number of amides is 1. The Balaban J connectivity index is 2.12. The molecule has 8 heteroatoms. The topological polar surface area (TPSA) is 75.7 Å². The number of carbonyl (C=O) groups is 1. The van der Waals surface area contributed by atoms with Gasteiger partial charge in [-0.1, -0.05) is 11.6 Å². The van der Waals surface area contributed by atoms with Gasteiger partial charge in [-0.25, -0.2) is 8.42 Å². The molecule has 6 nitrogen and oxygen atoms in total. The summed E-state index contributed by atoms with van der Waals surface area (Å²) in [4.78, 5) is 12.4. The Labute approximate surface area is 165 Å². The molecule has 0 bridgehead atoms. The lowest BCUT2D eigenvalue weighted by atomic mass is 10.2. The van der Waals surface area contributed by atoms with Gasteiger partial charge in [0, 0.05) is 17.8 Å². The maximum atomic E-state index is 12.7. The number of nitrogens with one attached hydrogen (secondary N) is 1. The van der Waals surface area contributed by atoms with Crippen LogP contribution in [-0.4, -0.2) is 38.8 Å². The van der Waals surface area contributed by atoms with Gasteiger partial charge in [-0.15, -0.1) is 0 Å². The molecule has 2 aromatic carbocycles. The zero-order chi connectivity index (χ0) is 20.2. The van der Waals surface area contributed by atoms with E-state index in [0.717, 1.165) is 9.87 Å². The summed E-state index contributed by atoms with van der Waals surface area (Å²) in [6.07, 6.45) is 0. The summed E-state index contributed by atoms with van der Waals surface area (Å²) in [7, 11) is -2.43. The number of rotatable bonds is 7. The minimum Gasteiger partial charge on any atom is -0.494 e. The summed E-state index contributed by atoms with van der Waals surface area (Å²) in [6.45, 7) is 5.64. The number of halogens is 1. The van der Waals surface area contributed by atoms with E-state index in [2.05, 4.69) is 5.32 Å². The minimum atomic E-state index is -3.80. The third kappa shape index (κ3) is 5.22. The molecular weight excluding hydrogens is 388 g/mol. The van der Waals surface area contributed by atoms with E-state index in [-0.39, 0.29) is 11.4 Å². The standard InChI is InChI=1S/C19H23ClN2O4S/c1-5-26-18-9-7-16(11-14(18)3)27(24,25)22(4)12-19(23)21-17-8-6-15(20)10-13(17)2/h6-11H,5,12H2,1-4H3,(H,21,23). The number of ether oxygens (including phenoxy) is 1. The number of sulfonamides is 1. The van der Waals surface area contributed by atoms with E-state index < -0.39 is 15.9 Å². The molecule has 27 heavy (non-hydrogen) atoms. The van der Waals surface area contributed by atoms with Crippen molar-refractivity contribution in [1.82, 2.24) is 4.31 Å². The van der Waals surface area contributed by atoms with Crippen molar-refractivity contribution in [3.63, 3.8) is 0 Å². The minimum absolute atomic E-state index is 0.112. The zero-order valence-electron chi connectivity index (χ0n) is 15.7. The van der Waals surface area contributed by atoms with Crippen LogP contribution in [0.3, 0.4) is 0 Å². The summed E-state index contributed by atoms with van der Waals surface area (Å²) in [6, 6.07) is 9.70. The highest BCUT2D eigenvalue weighted by molar-refractivity contribution is 7.89. The molecule has 2 aromatic rings. The third-order valence-electron chi connectivity index (χ3n) is 3.98. The summed E-state index contributed by atoms with van der Waals surface area (Å²) in [5, 5.41) is 3.27. The highest BCUT2D eigenvalue weighted by atomic mass is 35.5. The largest absolute Gasteiger partial charge is 0.494 e. The number of carbonyl (C=O) groups excluding carboxylic acids is 1. The summed E-state index contributed by atoms with van der Waals surface area (Å²) in [5.74, 6) is 0.198. The normalized spacial score (nSPS) is 11.5. The van der Waals surface area contributed by atoms with Crippen molar-refractivity contribution in [2.75, 3.05) is 25.5 Å². The smallest absolute Gasteiger partial charge is 0.243 e. The second-order valence-electron chi connectivity index (χ2n) is 6.13. The van der Waals surface area contributed by atoms with Crippen LogP contribution in [0.15, 0.2) is 41.3 Å². The van der Waals surface area contributed by atoms with Crippen LogP contribution in [0.4, 0.5) is 5.69 Å². The van der Waals surface area contributed by atoms with Crippen molar-refractivity contribution in [3.05, 3.63) is 52.5 Å². The van der Waals surface area contributed by atoms with Crippen LogP contribution in [0.5, 0.6) is 5.75 Å². The quantitative estimate of drug-likeness (QED) is 0.756. The highest BCUT2D eigenvalue weighted by Gasteiger charge is 2.24. The number of benzene rings is 2. The average Bonchev–Trinajstić information content (AvgIpc) is 2.59. The molecule has 0 saturated heterocycles. The molecule has 0 heterocycles. The van der Waals surface area contributed by atoms with Gasteiger partial charge in [-0.05, 0) is 68.3 Å². The molecule has 0 aliphatic carbocycles. The number of anilines is 1. The lowest BCUT2D eigenvalue weighted by molar-refractivity contribution is -0.116. The van der Waals surface area contributed by atoms with Crippen molar-refractivity contribution in [2.45, 2.75) is 25.7 Å². The first kappa shape index (κ1) is 21.2. The van der Waals surface area contributed by atoms with Crippen molar-refractivity contribution in [1.29, 1.82) is 0 Å². The Morgan fingerprint density at radius 1 is 1.15 bits per heavy atom. The predicted octanol–water partition coefficient (Wildman–Crippen LogP) is 3.61. The first-order valence-electron chi connectivity index (χ1n) is 8.41. The maximum absolute atomic E-state index is 12.7. The lowest BCUT2D eigenvalue weighted by Gasteiger charge is -2.18. The molecule has 0 aromatic heterocycles. The van der Waals surface area contributed by atoms with E-state index in [1.165, 1.54) is 19.2 Å². The van der Waals surface area contributed by atoms with Crippen molar-refractivity contribution < 1.29 is 17.9 Å². The molecule has 0 unspecified atom stereocenters. The second kappa shape index (κ2) is 8.73. The van der Waals surface area contributed by atoms with E-state index in [1.54, 1.807) is 31.2 Å². The molecule has 0 aliphatic heterocycles. The van der Waals surface area contributed by atoms with Gasteiger partial charge in [0.1, 0.15) is 5.75 Å². The second-order valence-corrected chi connectivity index (χ2v) is 8.61. The summed E-state index contributed by atoms with van der Waals surface area (Å²) in [5.41, 5.74) is 2.10. The Morgan fingerprint density at radius 2 is 1.85 bits per heavy atom. The van der Waals surface area contributed by atoms with Gasteiger partial charge in [-0.2, -0.15) is 4.31 Å². The SMILES string of the molecule is CCOc1ccc(S(=O)(=O)N(C)CC(=O)Nc2ccc(Cl)cc2C)cc1C. The van der Waals surface area contributed by atoms with Gasteiger partial charge in [0.15, 0.2) is 0 Å². The molecule has 1 amide bonds. The molecule has 1 N–H and O–H groups in total. The van der Waals surface area contributed by atoms with E-state index in [9.17, 15) is 13.2 Å². The number of nitrogens with zero attached hydrogens (tertiary/aromatic N) is 1. The van der Waals surface area contributed by atoms with Gasteiger partial charge >= 0.3 is 0 Å². The molecule has 0 fully saturated rings. The number of hydrogen-bond donors (Lipinski definition) is 1. The van der Waals surface area contributed by atoms with Crippen LogP contribution in [-0.2, 0) is 14.8 Å². The molecule has 0 aliphatic rings. The van der Waals surface area contributed by atoms with E-state index in [0.29, 0.717) is 28.6 Å². The highest BCUT2D eigenvalue weighted by Crippen LogP contribution is 2.24. The van der Waals surface area contributed by atoms with Crippen LogP contribution in [0, 0.1) is 13.8 Å². The monoisotopic (exact) mass is 410 g/mol. The zero-order valence-corrected chi connectivity index (χ0v) is 17.3. The Kier molecular flexibility index (Phi) is 6.86. The fourth-order valence-electron chi connectivity index (χ4n) is 2.52. The summed E-state index contributed by atoms with van der Waals surface area (Å²) >= 11 is 5.90. The first-order chi connectivity index (χ1) is 12.6. The van der Waals surface area contributed by atoms with Gasteiger partial charge < -0.3 is 10.1 Å². The Bertz CT molecular complexity index is 945. The first-order valence-corrected chi connectivity index (χ1v) is 10.2. The van der Waals surface area contributed by atoms with Crippen molar-refractivity contribution in [3.8, 4) is 5.75 Å². The predicted molar refractivity (Wildman–Crippen MR) is 107 cm³/mol. The molecule has 0 radical (unpaired) electrons.